The van der Waals surface area contributed by atoms with Crippen LogP contribution >= 0.6 is 27.3 Å². The highest BCUT2D eigenvalue weighted by molar-refractivity contribution is 9.09. The third-order valence-corrected chi connectivity index (χ3v) is 3.04. The molecular weight excluding hydrogens is 278 g/mol. The third kappa shape index (κ3) is 4.77. The summed E-state index contributed by atoms with van der Waals surface area (Å²) in [5, 5.41) is 3.63. The molecule has 0 aliphatic carbocycles. The van der Waals surface area contributed by atoms with Gasteiger partial charge in [-0.15, -0.1) is 11.3 Å². The van der Waals surface area contributed by atoms with Crippen molar-refractivity contribution in [2.75, 3.05) is 25.1 Å². The first-order valence-electron chi connectivity index (χ1n) is 4.72. The molecule has 5 heteroatoms. The molecule has 1 heterocycles. The molecule has 1 aromatic rings. The number of hydrogen-bond acceptors (Lipinski definition) is 3. The van der Waals surface area contributed by atoms with Gasteiger partial charge >= 0.3 is 0 Å². The maximum atomic E-state index is 11.5. The molecule has 15 heavy (non-hydrogen) atoms. The fourth-order valence-corrected chi connectivity index (χ4v) is 2.05. The number of alkyl halides is 1. The van der Waals surface area contributed by atoms with Crippen molar-refractivity contribution in [2.45, 2.75) is 6.92 Å². The van der Waals surface area contributed by atoms with E-state index in [9.17, 15) is 4.79 Å². The van der Waals surface area contributed by atoms with E-state index in [0.29, 0.717) is 19.8 Å². The first-order valence-corrected chi connectivity index (χ1v) is 6.66. The quantitative estimate of drug-likeness (QED) is 0.645. The number of nitrogens with one attached hydrogen (secondary N) is 1. The average molecular weight is 292 g/mol. The standard InChI is InChI=1S/C10H14BrNO2S/c1-8-2-3-9(15-8)10(13)12-5-7-14-6-4-11/h2-3H,4-7H2,1H3,(H,12,13). The Morgan fingerprint density at radius 3 is 2.93 bits per heavy atom. The molecule has 0 aromatic carbocycles. The molecule has 0 saturated heterocycles. The van der Waals surface area contributed by atoms with Gasteiger partial charge in [-0.2, -0.15) is 0 Å². The van der Waals surface area contributed by atoms with Crippen LogP contribution in [0.4, 0.5) is 0 Å². The lowest BCUT2D eigenvalue weighted by molar-refractivity contribution is 0.0928. The number of carbonyl (C=O) groups is 1. The summed E-state index contributed by atoms with van der Waals surface area (Å²) >= 11 is 4.76. The maximum Gasteiger partial charge on any atom is 0.261 e. The summed E-state index contributed by atoms with van der Waals surface area (Å²) in [6.07, 6.45) is 0. The number of amides is 1. The van der Waals surface area contributed by atoms with Gasteiger partial charge in [0, 0.05) is 16.8 Å². The Kier molecular flexibility index (Phi) is 5.90. The number of halogens is 1. The molecule has 0 unspecified atom stereocenters. The Labute approximate surface area is 102 Å². The molecule has 84 valence electrons. The number of rotatable bonds is 6. The smallest absolute Gasteiger partial charge is 0.261 e. The van der Waals surface area contributed by atoms with E-state index in [0.717, 1.165) is 15.1 Å². The minimum Gasteiger partial charge on any atom is -0.379 e. The molecule has 1 amide bonds. The third-order valence-electron chi connectivity index (χ3n) is 1.72. The van der Waals surface area contributed by atoms with Crippen LogP contribution < -0.4 is 5.32 Å². The van der Waals surface area contributed by atoms with Crippen molar-refractivity contribution in [3.8, 4) is 0 Å². The van der Waals surface area contributed by atoms with Crippen LogP contribution in [0.15, 0.2) is 12.1 Å². The number of thiophene rings is 1. The molecule has 0 saturated carbocycles. The van der Waals surface area contributed by atoms with Gasteiger partial charge in [0.25, 0.3) is 5.91 Å². The van der Waals surface area contributed by atoms with E-state index in [2.05, 4.69) is 21.2 Å². The molecular formula is C10H14BrNO2S. The zero-order valence-corrected chi connectivity index (χ0v) is 11.0. The van der Waals surface area contributed by atoms with Crippen molar-refractivity contribution >= 4 is 33.2 Å². The van der Waals surface area contributed by atoms with Crippen molar-refractivity contribution in [3.05, 3.63) is 21.9 Å². The Bertz CT molecular complexity index is 314. The maximum absolute atomic E-state index is 11.5. The second kappa shape index (κ2) is 6.98. The van der Waals surface area contributed by atoms with Crippen molar-refractivity contribution in [1.29, 1.82) is 0 Å². The Morgan fingerprint density at radius 2 is 2.33 bits per heavy atom. The lowest BCUT2D eigenvalue weighted by Crippen LogP contribution is -2.26. The Hall–Kier alpha value is -0.390. The van der Waals surface area contributed by atoms with Crippen LogP contribution in [0.3, 0.4) is 0 Å². The van der Waals surface area contributed by atoms with Gasteiger partial charge in [0.15, 0.2) is 0 Å². The summed E-state index contributed by atoms with van der Waals surface area (Å²) in [5.41, 5.74) is 0. The van der Waals surface area contributed by atoms with Crippen molar-refractivity contribution < 1.29 is 9.53 Å². The first-order chi connectivity index (χ1) is 7.24. The molecule has 0 spiro atoms. The molecule has 0 radical (unpaired) electrons. The van der Waals surface area contributed by atoms with Crippen LogP contribution in [0.1, 0.15) is 14.5 Å². The van der Waals surface area contributed by atoms with E-state index in [1.165, 1.54) is 11.3 Å². The van der Waals surface area contributed by atoms with Gasteiger partial charge in [-0.05, 0) is 19.1 Å². The molecule has 3 nitrogen and oxygen atoms in total. The highest BCUT2D eigenvalue weighted by Gasteiger charge is 2.06. The van der Waals surface area contributed by atoms with Crippen LogP contribution in [0, 0.1) is 6.92 Å². The molecule has 0 aliphatic rings. The number of carbonyl (C=O) groups excluding carboxylic acids is 1. The van der Waals surface area contributed by atoms with E-state index < -0.39 is 0 Å². The van der Waals surface area contributed by atoms with Crippen LogP contribution in [-0.2, 0) is 4.74 Å². The lowest BCUT2D eigenvalue weighted by Gasteiger charge is -2.03. The lowest BCUT2D eigenvalue weighted by atomic mass is 10.4. The highest BCUT2D eigenvalue weighted by Crippen LogP contribution is 2.14. The summed E-state index contributed by atoms with van der Waals surface area (Å²) in [5.74, 6) is -0.0180. The predicted octanol–water partition coefficient (Wildman–Crippen LogP) is 2.20. The molecule has 1 rings (SSSR count). The van der Waals surface area contributed by atoms with Crippen LogP contribution in [-0.4, -0.2) is 31.0 Å². The van der Waals surface area contributed by atoms with Gasteiger partial charge in [0.2, 0.25) is 0 Å². The molecule has 0 fully saturated rings. The van der Waals surface area contributed by atoms with E-state index in [1.54, 1.807) is 0 Å². The number of ether oxygens (including phenoxy) is 1. The van der Waals surface area contributed by atoms with Gasteiger partial charge < -0.3 is 10.1 Å². The topological polar surface area (TPSA) is 38.3 Å². The summed E-state index contributed by atoms with van der Waals surface area (Å²) in [6.45, 7) is 3.78. The van der Waals surface area contributed by atoms with Gasteiger partial charge in [-0.25, -0.2) is 0 Å². The van der Waals surface area contributed by atoms with Gasteiger partial charge in [0.05, 0.1) is 18.1 Å². The molecule has 1 N–H and O–H groups in total. The average Bonchev–Trinajstić information content (AvgIpc) is 2.64. The van der Waals surface area contributed by atoms with Gasteiger partial charge in [0.1, 0.15) is 0 Å². The summed E-state index contributed by atoms with van der Waals surface area (Å²) in [6, 6.07) is 3.79. The second-order valence-corrected chi connectivity index (χ2v) is 5.05. The van der Waals surface area contributed by atoms with Crippen molar-refractivity contribution in [3.63, 3.8) is 0 Å². The fourth-order valence-electron chi connectivity index (χ4n) is 1.04. The number of aryl methyl sites for hydroxylation is 1. The summed E-state index contributed by atoms with van der Waals surface area (Å²) in [7, 11) is 0. The van der Waals surface area contributed by atoms with Crippen LogP contribution in [0.25, 0.3) is 0 Å². The van der Waals surface area contributed by atoms with E-state index in [1.807, 2.05) is 19.1 Å². The van der Waals surface area contributed by atoms with Gasteiger partial charge in [-0.1, -0.05) is 15.9 Å². The highest BCUT2D eigenvalue weighted by atomic mass is 79.9. The Balaban J connectivity index is 2.19. The zero-order valence-electron chi connectivity index (χ0n) is 8.59. The molecule has 1 aromatic heterocycles. The van der Waals surface area contributed by atoms with E-state index in [-0.39, 0.29) is 5.91 Å². The van der Waals surface area contributed by atoms with E-state index >= 15 is 0 Å². The summed E-state index contributed by atoms with van der Waals surface area (Å²) in [4.78, 5) is 13.4. The normalized spacial score (nSPS) is 10.3. The zero-order chi connectivity index (χ0) is 11.1. The van der Waals surface area contributed by atoms with Crippen molar-refractivity contribution in [2.24, 2.45) is 0 Å². The van der Waals surface area contributed by atoms with Gasteiger partial charge in [-0.3, -0.25) is 4.79 Å². The molecule has 0 bridgehead atoms. The monoisotopic (exact) mass is 291 g/mol. The first kappa shape index (κ1) is 12.7. The van der Waals surface area contributed by atoms with Crippen molar-refractivity contribution in [1.82, 2.24) is 5.32 Å². The number of hydrogen-bond donors (Lipinski definition) is 1. The fraction of sp³-hybridized carbons (Fsp3) is 0.500. The van der Waals surface area contributed by atoms with Crippen LogP contribution in [0.2, 0.25) is 0 Å². The Morgan fingerprint density at radius 1 is 1.53 bits per heavy atom. The second-order valence-electron chi connectivity index (χ2n) is 2.97. The van der Waals surface area contributed by atoms with Crippen LogP contribution in [0.5, 0.6) is 0 Å². The molecule has 0 atom stereocenters. The predicted molar refractivity (Wildman–Crippen MR) is 66.0 cm³/mol. The summed E-state index contributed by atoms with van der Waals surface area (Å²) < 4.78 is 5.22. The minimum absolute atomic E-state index is 0.0180. The van der Waals surface area contributed by atoms with E-state index in [4.69, 9.17) is 4.74 Å². The largest absolute Gasteiger partial charge is 0.379 e. The minimum atomic E-state index is -0.0180. The SMILES string of the molecule is Cc1ccc(C(=O)NCCOCCBr)s1. The molecule has 0 aliphatic heterocycles.